The van der Waals surface area contributed by atoms with Gasteiger partial charge < -0.3 is 4.74 Å². The first kappa shape index (κ1) is 18.2. The second kappa shape index (κ2) is 12.9. The lowest BCUT2D eigenvalue weighted by molar-refractivity contribution is 0.0552. The van der Waals surface area contributed by atoms with Crippen molar-refractivity contribution in [2.45, 2.75) is 84.2 Å². The molecule has 1 unspecified atom stereocenters. The molecule has 0 fully saturated rings. The van der Waals surface area contributed by atoms with Gasteiger partial charge in [0.2, 0.25) is 0 Å². The monoisotopic (exact) mass is 290 g/mol. The summed E-state index contributed by atoms with van der Waals surface area (Å²) in [5.41, 5.74) is 1.40. The Kier molecular flexibility index (Phi) is 11.2. The molecule has 0 aliphatic carbocycles. The third kappa shape index (κ3) is 9.68. The molecule has 0 aromatic heterocycles. The summed E-state index contributed by atoms with van der Waals surface area (Å²) in [4.78, 5) is 0. The number of unbranched alkanes of at least 4 members (excludes halogenated alkanes) is 7. The zero-order chi connectivity index (χ0) is 15.2. The topological polar surface area (TPSA) is 9.23 Å². The van der Waals surface area contributed by atoms with E-state index >= 15 is 0 Å². The molecule has 1 aromatic rings. The minimum absolute atomic E-state index is 0.400. The van der Waals surface area contributed by atoms with E-state index in [-0.39, 0.29) is 0 Å². The Bertz CT molecular complexity index is 320. The Hall–Kier alpha value is -0.820. The van der Waals surface area contributed by atoms with E-state index in [1.807, 2.05) is 0 Å². The van der Waals surface area contributed by atoms with Crippen LogP contribution in [0.3, 0.4) is 0 Å². The maximum Gasteiger partial charge on any atom is 0.0615 e. The second-order valence-electron chi connectivity index (χ2n) is 6.03. The van der Waals surface area contributed by atoms with Crippen molar-refractivity contribution in [3.8, 4) is 0 Å². The van der Waals surface area contributed by atoms with E-state index in [0.29, 0.717) is 6.10 Å². The smallest absolute Gasteiger partial charge is 0.0615 e. The van der Waals surface area contributed by atoms with Gasteiger partial charge in [0.25, 0.3) is 0 Å². The molecular weight excluding hydrogens is 256 g/mol. The summed E-state index contributed by atoms with van der Waals surface area (Å²) in [5.74, 6) is 0. The largest absolute Gasteiger partial charge is 0.378 e. The van der Waals surface area contributed by atoms with Crippen LogP contribution in [0.2, 0.25) is 0 Å². The lowest BCUT2D eigenvalue weighted by Gasteiger charge is -2.17. The molecular formula is C20H34O. The van der Waals surface area contributed by atoms with E-state index in [0.717, 1.165) is 13.0 Å². The molecule has 1 aromatic carbocycles. The summed E-state index contributed by atoms with van der Waals surface area (Å²) in [6.45, 7) is 5.21. The number of hydrogen-bond donors (Lipinski definition) is 0. The van der Waals surface area contributed by atoms with Crippen LogP contribution < -0.4 is 0 Å². The Morgan fingerprint density at radius 3 is 2.05 bits per heavy atom. The van der Waals surface area contributed by atoms with Crippen molar-refractivity contribution in [3.63, 3.8) is 0 Å². The van der Waals surface area contributed by atoms with Crippen LogP contribution in [0.1, 0.15) is 77.2 Å². The van der Waals surface area contributed by atoms with Crippen LogP contribution in [0.4, 0.5) is 0 Å². The van der Waals surface area contributed by atoms with E-state index in [1.165, 1.54) is 63.4 Å². The number of ether oxygens (including phenoxy) is 1. The summed E-state index contributed by atoms with van der Waals surface area (Å²) in [7, 11) is 0. The Morgan fingerprint density at radius 2 is 1.43 bits per heavy atom. The van der Waals surface area contributed by atoms with Gasteiger partial charge in [0, 0.05) is 6.61 Å². The summed E-state index contributed by atoms with van der Waals surface area (Å²) < 4.78 is 5.91. The lowest BCUT2D eigenvalue weighted by Crippen LogP contribution is -2.16. The molecule has 1 rings (SSSR count). The average molecular weight is 290 g/mol. The zero-order valence-electron chi connectivity index (χ0n) is 14.2. The maximum atomic E-state index is 5.91. The van der Waals surface area contributed by atoms with Crippen LogP contribution in [0.5, 0.6) is 0 Å². The van der Waals surface area contributed by atoms with E-state index in [2.05, 4.69) is 44.2 Å². The van der Waals surface area contributed by atoms with Gasteiger partial charge in [0.05, 0.1) is 6.10 Å². The van der Waals surface area contributed by atoms with Gasteiger partial charge in [-0.1, -0.05) is 88.6 Å². The van der Waals surface area contributed by atoms with E-state index in [1.54, 1.807) is 0 Å². The van der Waals surface area contributed by atoms with E-state index < -0.39 is 0 Å². The number of benzene rings is 1. The molecule has 0 saturated carbocycles. The second-order valence-corrected chi connectivity index (χ2v) is 6.03. The van der Waals surface area contributed by atoms with Crippen LogP contribution in [0.25, 0.3) is 0 Å². The van der Waals surface area contributed by atoms with Gasteiger partial charge in [0.15, 0.2) is 0 Å². The molecule has 0 saturated heterocycles. The van der Waals surface area contributed by atoms with Crippen molar-refractivity contribution in [1.82, 2.24) is 0 Å². The summed E-state index contributed by atoms with van der Waals surface area (Å²) in [6.07, 6.45) is 13.8. The highest BCUT2D eigenvalue weighted by atomic mass is 16.5. The lowest BCUT2D eigenvalue weighted by atomic mass is 10.0. The standard InChI is InChI=1S/C20H34O/c1-3-5-6-7-8-9-10-14-17-20(21-4-2)18-19-15-12-11-13-16-19/h11-13,15-16,20H,3-10,14,17-18H2,1-2H3. The van der Waals surface area contributed by atoms with Gasteiger partial charge in [-0.15, -0.1) is 0 Å². The summed E-state index contributed by atoms with van der Waals surface area (Å²) in [5, 5.41) is 0. The number of rotatable bonds is 13. The highest BCUT2D eigenvalue weighted by Gasteiger charge is 2.09. The molecule has 0 bridgehead atoms. The first-order chi connectivity index (χ1) is 10.4. The molecule has 0 aliphatic heterocycles. The van der Waals surface area contributed by atoms with Gasteiger partial charge in [0.1, 0.15) is 0 Å². The van der Waals surface area contributed by atoms with Gasteiger partial charge >= 0.3 is 0 Å². The fourth-order valence-corrected chi connectivity index (χ4v) is 2.86. The summed E-state index contributed by atoms with van der Waals surface area (Å²) >= 11 is 0. The van der Waals surface area contributed by atoms with Crippen molar-refractivity contribution >= 4 is 0 Å². The first-order valence-corrected chi connectivity index (χ1v) is 9.02. The van der Waals surface area contributed by atoms with Crippen LogP contribution in [-0.4, -0.2) is 12.7 Å². The van der Waals surface area contributed by atoms with Crippen LogP contribution >= 0.6 is 0 Å². The quantitative estimate of drug-likeness (QED) is 0.395. The Labute approximate surface area is 132 Å². The third-order valence-corrected chi connectivity index (χ3v) is 4.09. The fraction of sp³-hybridized carbons (Fsp3) is 0.700. The van der Waals surface area contributed by atoms with Crippen molar-refractivity contribution in [1.29, 1.82) is 0 Å². The minimum Gasteiger partial charge on any atom is -0.378 e. The van der Waals surface area contributed by atoms with E-state index in [9.17, 15) is 0 Å². The molecule has 0 amide bonds. The average Bonchev–Trinajstić information content (AvgIpc) is 2.51. The Morgan fingerprint density at radius 1 is 0.810 bits per heavy atom. The van der Waals surface area contributed by atoms with Crippen LogP contribution in [-0.2, 0) is 11.2 Å². The van der Waals surface area contributed by atoms with Crippen molar-refractivity contribution in [3.05, 3.63) is 35.9 Å². The highest BCUT2D eigenvalue weighted by molar-refractivity contribution is 5.15. The molecule has 0 N–H and O–H groups in total. The minimum atomic E-state index is 0.400. The van der Waals surface area contributed by atoms with Gasteiger partial charge in [-0.05, 0) is 25.3 Å². The van der Waals surface area contributed by atoms with Crippen LogP contribution in [0.15, 0.2) is 30.3 Å². The van der Waals surface area contributed by atoms with Crippen molar-refractivity contribution in [2.75, 3.05) is 6.61 Å². The van der Waals surface area contributed by atoms with E-state index in [4.69, 9.17) is 4.74 Å². The van der Waals surface area contributed by atoms with Gasteiger partial charge in [-0.2, -0.15) is 0 Å². The van der Waals surface area contributed by atoms with Gasteiger partial charge in [-0.25, -0.2) is 0 Å². The number of hydrogen-bond acceptors (Lipinski definition) is 1. The van der Waals surface area contributed by atoms with Gasteiger partial charge in [-0.3, -0.25) is 0 Å². The molecule has 1 atom stereocenters. The highest BCUT2D eigenvalue weighted by Crippen LogP contribution is 2.15. The normalized spacial score (nSPS) is 12.5. The molecule has 0 aliphatic rings. The molecule has 120 valence electrons. The third-order valence-electron chi connectivity index (χ3n) is 4.09. The predicted molar refractivity (Wildman–Crippen MR) is 92.8 cm³/mol. The van der Waals surface area contributed by atoms with Crippen molar-refractivity contribution in [2.24, 2.45) is 0 Å². The van der Waals surface area contributed by atoms with Crippen molar-refractivity contribution < 1.29 is 4.74 Å². The molecule has 0 radical (unpaired) electrons. The fourth-order valence-electron chi connectivity index (χ4n) is 2.86. The molecule has 1 nitrogen and oxygen atoms in total. The SMILES string of the molecule is CCCCCCCCCCC(Cc1ccccc1)OCC. The summed E-state index contributed by atoms with van der Waals surface area (Å²) in [6, 6.07) is 10.7. The predicted octanol–water partition coefficient (Wildman–Crippen LogP) is 6.17. The maximum absolute atomic E-state index is 5.91. The molecule has 0 spiro atoms. The van der Waals surface area contributed by atoms with Crippen LogP contribution in [0, 0.1) is 0 Å². The Balaban J connectivity index is 2.11. The molecule has 1 heteroatoms. The molecule has 21 heavy (non-hydrogen) atoms. The molecule has 0 heterocycles. The zero-order valence-corrected chi connectivity index (χ0v) is 14.2. The first-order valence-electron chi connectivity index (χ1n) is 9.02.